The molecule has 4 N–H and O–H groups in total. The summed E-state index contributed by atoms with van der Waals surface area (Å²) in [5, 5.41) is 31.2. The van der Waals surface area contributed by atoms with Crippen LogP contribution in [0.3, 0.4) is 0 Å². The Morgan fingerprint density at radius 2 is 2.10 bits per heavy atom. The second kappa shape index (κ2) is 4.66. The first-order chi connectivity index (χ1) is 9.99. The lowest BCUT2D eigenvalue weighted by atomic mass is 9.89. The Kier molecular flexibility index (Phi) is 3.05. The smallest absolute Gasteiger partial charge is 0.259 e. The minimum Gasteiger partial charge on any atom is -0.507 e. The molecule has 21 heavy (non-hydrogen) atoms. The SMILES string of the molecule is O=C(NC1=CC(=O)[C@]2(CO)OC2[C@H]1O)c1ccccc1O. The van der Waals surface area contributed by atoms with Crippen molar-refractivity contribution in [2.24, 2.45) is 0 Å². The van der Waals surface area contributed by atoms with Crippen LogP contribution in [0.4, 0.5) is 0 Å². The van der Waals surface area contributed by atoms with E-state index >= 15 is 0 Å². The Morgan fingerprint density at radius 1 is 1.38 bits per heavy atom. The van der Waals surface area contributed by atoms with Crippen molar-refractivity contribution in [3.63, 3.8) is 0 Å². The number of carbonyl (C=O) groups excluding carboxylic acids is 2. The van der Waals surface area contributed by atoms with Gasteiger partial charge in [0.2, 0.25) is 0 Å². The summed E-state index contributed by atoms with van der Waals surface area (Å²) in [7, 11) is 0. The number of aliphatic hydroxyl groups is 2. The highest BCUT2D eigenvalue weighted by Gasteiger charge is 2.67. The molecule has 7 nitrogen and oxygen atoms in total. The van der Waals surface area contributed by atoms with E-state index in [1.165, 1.54) is 12.1 Å². The van der Waals surface area contributed by atoms with Gasteiger partial charge in [0.1, 0.15) is 18.0 Å². The number of carbonyl (C=O) groups is 2. The Bertz CT molecular complexity index is 655. The lowest BCUT2D eigenvalue weighted by Crippen LogP contribution is -2.44. The van der Waals surface area contributed by atoms with Gasteiger partial charge in [0.25, 0.3) is 5.91 Å². The third kappa shape index (κ3) is 2.02. The fourth-order valence-corrected chi connectivity index (χ4v) is 2.40. The largest absolute Gasteiger partial charge is 0.507 e. The highest BCUT2D eigenvalue weighted by Crippen LogP contribution is 2.44. The zero-order chi connectivity index (χ0) is 15.2. The van der Waals surface area contributed by atoms with Crippen LogP contribution in [0.1, 0.15) is 10.4 Å². The normalized spacial score (nSPS) is 30.4. The number of phenolic OH excluding ortho intramolecular Hbond substituents is 1. The third-order valence-corrected chi connectivity index (χ3v) is 3.69. The highest BCUT2D eigenvalue weighted by molar-refractivity contribution is 6.04. The molecule has 1 aromatic carbocycles. The van der Waals surface area contributed by atoms with Crippen LogP contribution in [0.2, 0.25) is 0 Å². The minimum atomic E-state index is -1.37. The monoisotopic (exact) mass is 291 g/mol. The van der Waals surface area contributed by atoms with E-state index in [4.69, 9.17) is 9.84 Å². The highest BCUT2D eigenvalue weighted by atomic mass is 16.6. The number of para-hydroxylation sites is 1. The van der Waals surface area contributed by atoms with E-state index in [0.29, 0.717) is 0 Å². The number of phenols is 1. The molecule has 1 aromatic rings. The standard InChI is InChI=1S/C14H13NO6/c16-6-14-10(18)5-8(11(19)12(14)21-14)15-13(20)7-3-1-2-4-9(7)17/h1-5,11-12,16-17,19H,6H2,(H,15,20)/t11-,12?,14-/m0/s1. The molecular weight excluding hydrogens is 278 g/mol. The predicted molar refractivity (Wildman–Crippen MR) is 69.4 cm³/mol. The summed E-state index contributed by atoms with van der Waals surface area (Å²) < 4.78 is 5.08. The summed E-state index contributed by atoms with van der Waals surface area (Å²) >= 11 is 0. The number of hydrogen-bond acceptors (Lipinski definition) is 6. The van der Waals surface area contributed by atoms with Gasteiger partial charge in [-0.25, -0.2) is 0 Å². The number of fused-ring (bicyclic) bond motifs is 1. The van der Waals surface area contributed by atoms with Gasteiger partial charge in [-0.2, -0.15) is 0 Å². The molecular formula is C14H13NO6. The molecule has 1 aliphatic heterocycles. The number of epoxide rings is 1. The Hall–Kier alpha value is -2.22. The summed E-state index contributed by atoms with van der Waals surface area (Å²) in [6.07, 6.45) is -1.04. The molecule has 7 heteroatoms. The maximum Gasteiger partial charge on any atom is 0.259 e. The molecule has 1 heterocycles. The molecule has 0 saturated carbocycles. The number of ketones is 1. The fraction of sp³-hybridized carbons (Fsp3) is 0.286. The van der Waals surface area contributed by atoms with Crippen LogP contribution in [0.5, 0.6) is 5.75 Å². The molecule has 0 aromatic heterocycles. The van der Waals surface area contributed by atoms with Crippen molar-refractivity contribution >= 4 is 11.7 Å². The van der Waals surface area contributed by atoms with E-state index in [-0.39, 0.29) is 17.0 Å². The Labute approximate surface area is 119 Å². The van der Waals surface area contributed by atoms with Gasteiger partial charge < -0.3 is 25.4 Å². The average molecular weight is 291 g/mol. The second-order valence-electron chi connectivity index (χ2n) is 4.97. The molecule has 1 aliphatic carbocycles. The van der Waals surface area contributed by atoms with Gasteiger partial charge in [-0.3, -0.25) is 9.59 Å². The molecule has 1 fully saturated rings. The van der Waals surface area contributed by atoms with E-state index in [2.05, 4.69) is 5.32 Å². The molecule has 1 amide bonds. The van der Waals surface area contributed by atoms with Crippen molar-refractivity contribution in [3.8, 4) is 5.75 Å². The lowest BCUT2D eigenvalue weighted by Gasteiger charge is -2.20. The zero-order valence-electron chi connectivity index (χ0n) is 10.8. The number of amides is 1. The third-order valence-electron chi connectivity index (χ3n) is 3.69. The molecule has 1 unspecified atom stereocenters. The minimum absolute atomic E-state index is 0.0140. The average Bonchev–Trinajstić information content (AvgIpc) is 3.22. The van der Waals surface area contributed by atoms with Crippen molar-refractivity contribution in [3.05, 3.63) is 41.6 Å². The first kappa shape index (κ1) is 13.7. The number of nitrogens with one attached hydrogen (secondary N) is 1. The van der Waals surface area contributed by atoms with Crippen molar-refractivity contribution in [2.75, 3.05) is 6.61 Å². The van der Waals surface area contributed by atoms with E-state index in [0.717, 1.165) is 6.08 Å². The van der Waals surface area contributed by atoms with Gasteiger partial charge in [0.15, 0.2) is 11.4 Å². The van der Waals surface area contributed by atoms with Crippen LogP contribution in [-0.4, -0.2) is 51.4 Å². The van der Waals surface area contributed by atoms with Crippen molar-refractivity contribution < 1.29 is 29.6 Å². The van der Waals surface area contributed by atoms with Crippen LogP contribution in [0.25, 0.3) is 0 Å². The molecule has 1 saturated heterocycles. The van der Waals surface area contributed by atoms with Gasteiger partial charge in [-0.15, -0.1) is 0 Å². The molecule has 3 rings (SSSR count). The van der Waals surface area contributed by atoms with Crippen molar-refractivity contribution in [2.45, 2.75) is 17.8 Å². The van der Waals surface area contributed by atoms with E-state index in [1.807, 2.05) is 0 Å². The first-order valence-electron chi connectivity index (χ1n) is 6.32. The number of ether oxygens (including phenoxy) is 1. The Morgan fingerprint density at radius 3 is 2.76 bits per heavy atom. The van der Waals surface area contributed by atoms with Crippen LogP contribution in [-0.2, 0) is 9.53 Å². The first-order valence-corrected chi connectivity index (χ1v) is 6.32. The molecule has 110 valence electrons. The van der Waals surface area contributed by atoms with Gasteiger partial charge in [0.05, 0.1) is 17.9 Å². The van der Waals surface area contributed by atoms with Gasteiger partial charge in [-0.1, -0.05) is 12.1 Å². The molecule has 0 radical (unpaired) electrons. The van der Waals surface area contributed by atoms with E-state index in [9.17, 15) is 19.8 Å². The summed E-state index contributed by atoms with van der Waals surface area (Å²) in [5.74, 6) is -1.36. The molecule has 2 aliphatic rings. The van der Waals surface area contributed by atoms with Crippen molar-refractivity contribution in [1.29, 1.82) is 0 Å². The van der Waals surface area contributed by atoms with Crippen LogP contribution in [0.15, 0.2) is 36.0 Å². The number of benzene rings is 1. The van der Waals surface area contributed by atoms with Crippen molar-refractivity contribution in [1.82, 2.24) is 5.32 Å². The number of aromatic hydroxyl groups is 1. The molecule has 3 atom stereocenters. The van der Waals surface area contributed by atoms with Crippen LogP contribution < -0.4 is 5.32 Å². The summed E-state index contributed by atoms with van der Waals surface area (Å²) in [5.41, 5.74) is -1.36. The van der Waals surface area contributed by atoms with Gasteiger partial charge >= 0.3 is 0 Å². The van der Waals surface area contributed by atoms with Gasteiger partial charge in [0, 0.05) is 6.08 Å². The van der Waals surface area contributed by atoms with Gasteiger partial charge in [-0.05, 0) is 12.1 Å². The number of hydrogen-bond donors (Lipinski definition) is 4. The Balaban J connectivity index is 1.81. The molecule has 0 bridgehead atoms. The van der Waals surface area contributed by atoms with Crippen LogP contribution in [0, 0.1) is 0 Å². The summed E-state index contributed by atoms with van der Waals surface area (Å²) in [6, 6.07) is 5.91. The maximum atomic E-state index is 12.0. The quantitative estimate of drug-likeness (QED) is 0.535. The number of rotatable bonds is 3. The zero-order valence-corrected chi connectivity index (χ0v) is 10.8. The number of aliphatic hydroxyl groups excluding tert-OH is 2. The lowest BCUT2D eigenvalue weighted by molar-refractivity contribution is -0.121. The fourth-order valence-electron chi connectivity index (χ4n) is 2.40. The van der Waals surface area contributed by atoms with Crippen LogP contribution >= 0.6 is 0 Å². The molecule has 0 spiro atoms. The summed E-state index contributed by atoms with van der Waals surface area (Å²) in [4.78, 5) is 23.9. The maximum absolute atomic E-state index is 12.0. The topological polar surface area (TPSA) is 119 Å². The van der Waals surface area contributed by atoms with E-state index in [1.54, 1.807) is 12.1 Å². The summed E-state index contributed by atoms with van der Waals surface area (Å²) in [6.45, 7) is -0.523. The predicted octanol–water partition coefficient (Wildman–Crippen LogP) is -0.921. The van der Waals surface area contributed by atoms with E-state index < -0.39 is 36.1 Å². The second-order valence-corrected chi connectivity index (χ2v) is 4.97.